The molecule has 1 saturated carbocycles. The fourth-order valence-corrected chi connectivity index (χ4v) is 2.94. The fourth-order valence-electron chi connectivity index (χ4n) is 2.94. The van der Waals surface area contributed by atoms with Crippen LogP contribution in [0.4, 0.5) is 14.5 Å². The zero-order valence-corrected chi connectivity index (χ0v) is 11.5. The molecule has 1 atom stereocenters. The number of hydrogen-bond donors (Lipinski definition) is 1. The molecule has 4 nitrogen and oxygen atoms in total. The number of halogens is 2. The summed E-state index contributed by atoms with van der Waals surface area (Å²) in [6.07, 6.45) is 3.92. The van der Waals surface area contributed by atoms with Crippen molar-refractivity contribution in [2.24, 2.45) is 0 Å². The molecule has 1 aromatic carbocycles. The highest BCUT2D eigenvalue weighted by Crippen LogP contribution is 2.43. The highest BCUT2D eigenvalue weighted by Gasteiger charge is 2.43. The summed E-state index contributed by atoms with van der Waals surface area (Å²) in [5, 5.41) is 0. The van der Waals surface area contributed by atoms with Crippen LogP contribution in [-0.4, -0.2) is 24.3 Å². The lowest BCUT2D eigenvalue weighted by Gasteiger charge is -2.46. The Morgan fingerprint density at radius 2 is 2.10 bits per heavy atom. The van der Waals surface area contributed by atoms with Gasteiger partial charge in [-0.1, -0.05) is 0 Å². The van der Waals surface area contributed by atoms with Crippen molar-refractivity contribution in [1.82, 2.24) is 0 Å². The van der Waals surface area contributed by atoms with Gasteiger partial charge in [-0.2, -0.15) is 0 Å². The van der Waals surface area contributed by atoms with Gasteiger partial charge in [0.15, 0.2) is 0 Å². The Bertz CT molecular complexity index is 572. The maximum Gasteiger partial charge on any atom is 0.341 e. The third-order valence-electron chi connectivity index (χ3n) is 4.29. The first-order chi connectivity index (χ1) is 9.99. The van der Waals surface area contributed by atoms with Crippen molar-refractivity contribution in [2.75, 3.05) is 12.3 Å². The molecular formula is C15H17F2NO3. The molecule has 0 amide bonds. The van der Waals surface area contributed by atoms with Gasteiger partial charge < -0.3 is 15.2 Å². The Morgan fingerprint density at radius 3 is 2.76 bits per heavy atom. The summed E-state index contributed by atoms with van der Waals surface area (Å²) < 4.78 is 38.1. The summed E-state index contributed by atoms with van der Waals surface area (Å²) in [7, 11) is 0. The first-order valence-electron chi connectivity index (χ1n) is 7.09. The summed E-state index contributed by atoms with van der Waals surface area (Å²) in [6.45, 7) is 0.524. The van der Waals surface area contributed by atoms with Crippen molar-refractivity contribution >= 4 is 11.7 Å². The number of benzene rings is 1. The maximum absolute atomic E-state index is 13.7. The summed E-state index contributed by atoms with van der Waals surface area (Å²) in [6, 6.07) is 1.58. The molecule has 2 aliphatic rings. The van der Waals surface area contributed by atoms with Crippen LogP contribution in [0.1, 0.15) is 42.5 Å². The van der Waals surface area contributed by atoms with Crippen molar-refractivity contribution in [3.05, 3.63) is 29.3 Å². The van der Waals surface area contributed by atoms with Crippen LogP contribution in [0.25, 0.3) is 0 Å². The quantitative estimate of drug-likeness (QED) is 0.673. The summed E-state index contributed by atoms with van der Waals surface area (Å²) in [5.41, 5.74) is 4.33. The van der Waals surface area contributed by atoms with E-state index in [1.54, 1.807) is 0 Å². The average Bonchev–Trinajstić information content (AvgIpc) is 2.41. The summed E-state index contributed by atoms with van der Waals surface area (Å²) in [4.78, 5) is 12.0. The van der Waals surface area contributed by atoms with E-state index in [2.05, 4.69) is 0 Å². The molecule has 114 valence electrons. The Kier molecular flexibility index (Phi) is 3.57. The molecule has 1 saturated heterocycles. The average molecular weight is 297 g/mol. The lowest BCUT2D eigenvalue weighted by molar-refractivity contribution is -0.159. The number of ether oxygens (including phenoxy) is 2. The first-order valence-corrected chi connectivity index (χ1v) is 7.09. The van der Waals surface area contributed by atoms with Gasteiger partial charge in [0.25, 0.3) is 0 Å². The largest absolute Gasteiger partial charge is 0.458 e. The van der Waals surface area contributed by atoms with Crippen LogP contribution in [0.5, 0.6) is 0 Å². The molecule has 1 aromatic rings. The molecule has 21 heavy (non-hydrogen) atoms. The number of hydrogen-bond acceptors (Lipinski definition) is 4. The van der Waals surface area contributed by atoms with E-state index in [1.807, 2.05) is 0 Å². The first kappa shape index (κ1) is 14.3. The van der Waals surface area contributed by atoms with E-state index in [4.69, 9.17) is 15.2 Å². The van der Waals surface area contributed by atoms with Gasteiger partial charge in [0, 0.05) is 18.9 Å². The number of nitrogen functional groups attached to an aromatic ring is 1. The molecule has 1 aliphatic carbocycles. The Balaban J connectivity index is 1.70. The molecule has 1 heterocycles. The smallest absolute Gasteiger partial charge is 0.341 e. The second kappa shape index (κ2) is 5.26. The maximum atomic E-state index is 13.7. The minimum absolute atomic E-state index is 0.173. The van der Waals surface area contributed by atoms with Gasteiger partial charge in [0.2, 0.25) is 0 Å². The van der Waals surface area contributed by atoms with E-state index in [0.29, 0.717) is 19.4 Å². The second-order valence-corrected chi connectivity index (χ2v) is 5.76. The van der Waals surface area contributed by atoms with E-state index in [0.717, 1.165) is 31.4 Å². The third kappa shape index (κ3) is 2.72. The lowest BCUT2D eigenvalue weighted by atomic mass is 9.74. The van der Waals surface area contributed by atoms with Gasteiger partial charge in [-0.3, -0.25) is 0 Å². The molecule has 0 radical (unpaired) electrons. The van der Waals surface area contributed by atoms with Crippen LogP contribution < -0.4 is 5.73 Å². The van der Waals surface area contributed by atoms with Crippen molar-refractivity contribution in [3.63, 3.8) is 0 Å². The standard InChI is InChI=1S/C15H17F2NO3/c16-11-7-13(18)12(17)6-10(11)14(19)21-9-2-5-20-15(8-9)3-1-4-15/h6-7,9H,1-5,8,18H2. The highest BCUT2D eigenvalue weighted by molar-refractivity contribution is 5.90. The predicted molar refractivity (Wildman–Crippen MR) is 71.7 cm³/mol. The lowest BCUT2D eigenvalue weighted by Crippen LogP contribution is -2.48. The van der Waals surface area contributed by atoms with Crippen LogP contribution >= 0.6 is 0 Å². The zero-order valence-electron chi connectivity index (χ0n) is 11.5. The number of esters is 1. The normalized spacial score (nSPS) is 23.6. The van der Waals surface area contributed by atoms with E-state index in [1.165, 1.54) is 0 Å². The van der Waals surface area contributed by atoms with E-state index < -0.39 is 23.2 Å². The third-order valence-corrected chi connectivity index (χ3v) is 4.29. The van der Waals surface area contributed by atoms with Gasteiger partial charge >= 0.3 is 5.97 Å². The van der Waals surface area contributed by atoms with E-state index in [9.17, 15) is 13.6 Å². The Hall–Kier alpha value is -1.69. The summed E-state index contributed by atoms with van der Waals surface area (Å²) >= 11 is 0. The highest BCUT2D eigenvalue weighted by atomic mass is 19.1. The fraction of sp³-hybridized carbons (Fsp3) is 0.533. The molecule has 2 fully saturated rings. The monoisotopic (exact) mass is 297 g/mol. The van der Waals surface area contributed by atoms with Crippen LogP contribution in [0.2, 0.25) is 0 Å². The summed E-state index contributed by atoms with van der Waals surface area (Å²) in [5.74, 6) is -2.55. The molecule has 0 aromatic heterocycles. The van der Waals surface area contributed by atoms with Crippen molar-refractivity contribution < 1.29 is 23.0 Å². The minimum atomic E-state index is -0.871. The van der Waals surface area contributed by atoms with Crippen molar-refractivity contribution in [2.45, 2.75) is 43.8 Å². The Morgan fingerprint density at radius 1 is 1.33 bits per heavy atom. The number of anilines is 1. The van der Waals surface area contributed by atoms with Gasteiger partial charge in [0.05, 0.1) is 23.5 Å². The van der Waals surface area contributed by atoms with Crippen LogP contribution in [0, 0.1) is 11.6 Å². The number of rotatable bonds is 2. The van der Waals surface area contributed by atoms with Crippen molar-refractivity contribution in [3.8, 4) is 0 Å². The van der Waals surface area contributed by atoms with Gasteiger partial charge in [-0.05, 0) is 25.3 Å². The van der Waals surface area contributed by atoms with Gasteiger partial charge in [-0.15, -0.1) is 0 Å². The van der Waals surface area contributed by atoms with E-state index in [-0.39, 0.29) is 17.4 Å². The van der Waals surface area contributed by atoms with Gasteiger partial charge in [-0.25, -0.2) is 13.6 Å². The molecule has 1 spiro atoms. The van der Waals surface area contributed by atoms with Crippen LogP contribution in [0.15, 0.2) is 12.1 Å². The minimum Gasteiger partial charge on any atom is -0.458 e. The zero-order chi connectivity index (χ0) is 15.0. The molecule has 6 heteroatoms. The van der Waals surface area contributed by atoms with Crippen LogP contribution in [0.3, 0.4) is 0 Å². The molecule has 2 N–H and O–H groups in total. The predicted octanol–water partition coefficient (Wildman–Crippen LogP) is 2.81. The number of carbonyl (C=O) groups excluding carboxylic acids is 1. The van der Waals surface area contributed by atoms with E-state index >= 15 is 0 Å². The SMILES string of the molecule is Nc1cc(F)c(C(=O)OC2CCOC3(CCC3)C2)cc1F. The van der Waals surface area contributed by atoms with Crippen LogP contribution in [-0.2, 0) is 9.47 Å². The topological polar surface area (TPSA) is 61.6 Å². The molecule has 0 bridgehead atoms. The molecule has 1 aliphatic heterocycles. The number of nitrogens with two attached hydrogens (primary N) is 1. The molecular weight excluding hydrogens is 280 g/mol. The number of carbonyl (C=O) groups is 1. The second-order valence-electron chi connectivity index (χ2n) is 5.76. The van der Waals surface area contributed by atoms with Gasteiger partial charge in [0.1, 0.15) is 17.7 Å². The molecule has 3 rings (SSSR count). The Labute approximate surface area is 121 Å². The molecule has 1 unspecified atom stereocenters. The van der Waals surface area contributed by atoms with Crippen molar-refractivity contribution in [1.29, 1.82) is 0 Å².